The Morgan fingerprint density at radius 1 is 0.929 bits per heavy atom. The lowest BCUT2D eigenvalue weighted by Gasteiger charge is -2.39. The molecule has 0 aromatic heterocycles. The number of fused-ring (bicyclic) bond motifs is 1. The molecule has 1 nitrogen and oxygen atoms in total. The Hall–Kier alpha value is 0.250. The highest BCUT2D eigenvalue weighted by atomic mass is 35.5. The second-order valence-electron chi connectivity index (χ2n) is 5.61. The minimum Gasteiger partial charge on any atom is -0.299 e. The average molecular weight is 214 g/mol. The highest BCUT2D eigenvalue weighted by Gasteiger charge is 2.42. The van der Waals surface area contributed by atoms with Crippen LogP contribution >= 0.6 is 11.6 Å². The van der Waals surface area contributed by atoms with Gasteiger partial charge in [-0.2, -0.15) is 0 Å². The van der Waals surface area contributed by atoms with Crippen LogP contribution in [-0.2, 0) is 0 Å². The van der Waals surface area contributed by atoms with E-state index >= 15 is 0 Å². The topological polar surface area (TPSA) is 3.24 Å². The molecule has 2 atom stereocenters. The lowest BCUT2D eigenvalue weighted by molar-refractivity contribution is 0.129. The van der Waals surface area contributed by atoms with Gasteiger partial charge in [-0.15, -0.1) is 11.6 Å². The van der Waals surface area contributed by atoms with Gasteiger partial charge in [0.1, 0.15) is 0 Å². The molecule has 14 heavy (non-hydrogen) atoms. The van der Waals surface area contributed by atoms with Crippen LogP contribution in [0.2, 0.25) is 0 Å². The fraction of sp³-hybridized carbons (Fsp3) is 1.00. The summed E-state index contributed by atoms with van der Waals surface area (Å²) in [7, 11) is 0. The van der Waals surface area contributed by atoms with Crippen molar-refractivity contribution >= 4 is 11.6 Å². The first-order valence-corrected chi connectivity index (χ1v) is 6.68. The van der Waals surface area contributed by atoms with Crippen molar-refractivity contribution in [1.29, 1.82) is 0 Å². The molecule has 4 aliphatic rings. The molecular formula is C12H20ClN. The second-order valence-corrected chi connectivity index (χ2v) is 5.99. The van der Waals surface area contributed by atoms with Gasteiger partial charge in [-0.05, 0) is 49.9 Å². The molecule has 0 aromatic carbocycles. The first kappa shape index (κ1) is 9.47. The summed E-state index contributed by atoms with van der Waals surface area (Å²) in [5.74, 6) is 3.96. The quantitative estimate of drug-likeness (QED) is 0.638. The van der Waals surface area contributed by atoms with E-state index in [1.165, 1.54) is 32.2 Å². The molecule has 0 spiro atoms. The molecule has 2 aliphatic carbocycles. The van der Waals surface area contributed by atoms with Crippen LogP contribution in [0.1, 0.15) is 32.1 Å². The van der Waals surface area contributed by atoms with E-state index in [1.807, 2.05) is 0 Å². The molecule has 0 aromatic rings. The number of rotatable bonds is 2. The molecular weight excluding hydrogens is 194 g/mol. The van der Waals surface area contributed by atoms with Gasteiger partial charge in [-0.3, -0.25) is 4.90 Å². The number of nitrogens with zero attached hydrogens (tertiary/aromatic N) is 1. The van der Waals surface area contributed by atoms with Gasteiger partial charge in [0.2, 0.25) is 0 Å². The van der Waals surface area contributed by atoms with Gasteiger partial charge < -0.3 is 0 Å². The van der Waals surface area contributed by atoms with Crippen LogP contribution < -0.4 is 0 Å². The van der Waals surface area contributed by atoms with Crippen LogP contribution in [0.25, 0.3) is 0 Å². The van der Waals surface area contributed by atoms with E-state index in [9.17, 15) is 0 Å². The monoisotopic (exact) mass is 213 g/mol. The van der Waals surface area contributed by atoms with Crippen molar-refractivity contribution in [1.82, 2.24) is 4.90 Å². The van der Waals surface area contributed by atoms with Gasteiger partial charge >= 0.3 is 0 Å². The minimum absolute atomic E-state index is 0.818. The molecule has 80 valence electrons. The van der Waals surface area contributed by atoms with Gasteiger partial charge in [0.05, 0.1) is 0 Å². The van der Waals surface area contributed by atoms with E-state index in [4.69, 9.17) is 11.6 Å². The Balaban J connectivity index is 1.79. The summed E-state index contributed by atoms with van der Waals surface area (Å²) >= 11 is 5.88. The van der Waals surface area contributed by atoms with Crippen molar-refractivity contribution in [3.8, 4) is 0 Å². The van der Waals surface area contributed by atoms with Crippen LogP contribution in [0.3, 0.4) is 0 Å². The maximum absolute atomic E-state index is 5.88. The van der Waals surface area contributed by atoms with E-state index in [2.05, 4.69) is 4.90 Å². The summed E-state index contributed by atoms with van der Waals surface area (Å²) in [6.07, 6.45) is 7.53. The number of alkyl halides is 1. The SMILES string of the molecule is ClCCN1CC2CC3CC(C2)CC1C3. The third-order valence-corrected chi connectivity index (χ3v) is 4.76. The van der Waals surface area contributed by atoms with Gasteiger partial charge in [-0.1, -0.05) is 0 Å². The van der Waals surface area contributed by atoms with Crippen LogP contribution in [0, 0.1) is 17.8 Å². The molecule has 2 saturated carbocycles. The van der Waals surface area contributed by atoms with Crippen LogP contribution in [-0.4, -0.2) is 29.9 Å². The van der Waals surface area contributed by atoms with E-state index < -0.39 is 0 Å². The summed E-state index contributed by atoms with van der Waals surface area (Å²) in [6, 6.07) is 0.894. The Labute approximate surface area is 91.8 Å². The van der Waals surface area contributed by atoms with Gasteiger partial charge in [0.15, 0.2) is 0 Å². The van der Waals surface area contributed by atoms with E-state index in [0.717, 1.165) is 36.2 Å². The Morgan fingerprint density at radius 3 is 2.21 bits per heavy atom. The number of hydrogen-bond donors (Lipinski definition) is 0. The van der Waals surface area contributed by atoms with Crippen molar-refractivity contribution in [2.24, 2.45) is 17.8 Å². The zero-order valence-electron chi connectivity index (χ0n) is 8.79. The first-order chi connectivity index (χ1) is 6.85. The molecule has 0 radical (unpaired) electrons. The maximum atomic E-state index is 5.88. The Morgan fingerprint density at radius 2 is 1.57 bits per heavy atom. The van der Waals surface area contributed by atoms with E-state index in [1.54, 1.807) is 6.42 Å². The molecule has 0 amide bonds. The third kappa shape index (κ3) is 1.59. The van der Waals surface area contributed by atoms with E-state index in [-0.39, 0.29) is 0 Å². The lowest BCUT2D eigenvalue weighted by Crippen LogP contribution is -2.39. The zero-order chi connectivity index (χ0) is 9.54. The predicted octanol–water partition coefficient (Wildman–Crippen LogP) is 2.74. The normalized spacial score (nSPS) is 46.9. The molecule has 2 saturated heterocycles. The highest BCUT2D eigenvalue weighted by Crippen LogP contribution is 2.47. The molecule has 2 heterocycles. The van der Waals surface area contributed by atoms with Gasteiger partial charge in [-0.25, -0.2) is 0 Å². The Bertz CT molecular complexity index is 204. The molecule has 4 fully saturated rings. The van der Waals surface area contributed by atoms with Crippen LogP contribution in [0.4, 0.5) is 0 Å². The molecule has 2 unspecified atom stereocenters. The van der Waals surface area contributed by atoms with Crippen molar-refractivity contribution in [2.75, 3.05) is 19.0 Å². The largest absolute Gasteiger partial charge is 0.299 e. The van der Waals surface area contributed by atoms with E-state index in [0.29, 0.717) is 0 Å². The smallest absolute Gasteiger partial charge is 0.0351 e. The van der Waals surface area contributed by atoms with Crippen LogP contribution in [0.5, 0.6) is 0 Å². The van der Waals surface area contributed by atoms with Gasteiger partial charge in [0, 0.05) is 25.0 Å². The molecule has 2 heteroatoms. The lowest BCUT2D eigenvalue weighted by atomic mass is 9.68. The van der Waals surface area contributed by atoms with Crippen molar-refractivity contribution < 1.29 is 0 Å². The third-order valence-electron chi connectivity index (χ3n) is 4.59. The van der Waals surface area contributed by atoms with Crippen molar-refractivity contribution in [3.63, 3.8) is 0 Å². The number of hydrogen-bond acceptors (Lipinski definition) is 1. The first-order valence-electron chi connectivity index (χ1n) is 6.15. The average Bonchev–Trinajstić information content (AvgIpc) is 2.32. The Kier molecular flexibility index (Phi) is 2.49. The summed E-state index contributed by atoms with van der Waals surface area (Å²) < 4.78 is 0. The second kappa shape index (κ2) is 3.68. The summed E-state index contributed by atoms with van der Waals surface area (Å²) in [5.41, 5.74) is 0. The van der Waals surface area contributed by atoms with Gasteiger partial charge in [0.25, 0.3) is 0 Å². The summed E-state index contributed by atoms with van der Waals surface area (Å²) in [6.45, 7) is 2.48. The standard InChI is InChI=1S/C12H20ClN/c13-1-2-14-8-11-4-9-3-10(5-11)7-12(14)6-9/h9-12H,1-8H2. The molecule has 4 bridgehead atoms. The van der Waals surface area contributed by atoms with Crippen molar-refractivity contribution in [3.05, 3.63) is 0 Å². The minimum atomic E-state index is 0.818. The predicted molar refractivity (Wildman–Crippen MR) is 59.6 cm³/mol. The maximum Gasteiger partial charge on any atom is 0.0351 e. The summed E-state index contributed by atoms with van der Waals surface area (Å²) in [4.78, 5) is 2.69. The number of halogens is 1. The molecule has 2 aliphatic heterocycles. The zero-order valence-corrected chi connectivity index (χ0v) is 9.55. The summed E-state index contributed by atoms with van der Waals surface area (Å²) in [5, 5.41) is 0. The van der Waals surface area contributed by atoms with Crippen molar-refractivity contribution in [2.45, 2.75) is 38.1 Å². The molecule has 4 rings (SSSR count). The molecule has 0 N–H and O–H groups in total. The van der Waals surface area contributed by atoms with Crippen LogP contribution in [0.15, 0.2) is 0 Å². The highest BCUT2D eigenvalue weighted by molar-refractivity contribution is 6.18. The fourth-order valence-electron chi connectivity index (χ4n) is 4.26. The fourth-order valence-corrected chi connectivity index (χ4v) is 4.48.